The fraction of sp³-hybridized carbons (Fsp3) is 0.200. The number of methoxy groups -OCH3 is 1. The van der Waals surface area contributed by atoms with Crippen molar-refractivity contribution in [3.05, 3.63) is 57.8 Å². The Morgan fingerprint density at radius 3 is 2.55 bits per heavy atom. The molecule has 2 aromatic carbocycles. The van der Waals surface area contributed by atoms with Crippen LogP contribution in [0.3, 0.4) is 0 Å². The molecule has 0 aliphatic heterocycles. The fourth-order valence-corrected chi connectivity index (χ4v) is 2.19. The molecule has 0 aliphatic carbocycles. The first-order valence-electron chi connectivity index (χ1n) is 5.99. The second kappa shape index (κ2) is 6.72. The minimum Gasteiger partial charge on any atom is -0.493 e. The zero-order chi connectivity index (χ0) is 14.5. The molecule has 2 rings (SSSR count). The zero-order valence-corrected chi connectivity index (χ0v) is 12.5. The molecule has 0 atom stereocenters. The van der Waals surface area contributed by atoms with Gasteiger partial charge in [0.1, 0.15) is 12.4 Å². The van der Waals surface area contributed by atoms with Crippen LogP contribution in [0, 0.1) is 5.82 Å². The first-order chi connectivity index (χ1) is 9.65. The van der Waals surface area contributed by atoms with Crippen LogP contribution < -0.4 is 9.47 Å². The van der Waals surface area contributed by atoms with E-state index in [1.165, 1.54) is 13.2 Å². The van der Waals surface area contributed by atoms with E-state index in [1.54, 1.807) is 30.3 Å². The predicted molar refractivity (Wildman–Crippen MR) is 77.3 cm³/mol. The predicted octanol–water partition coefficient (Wildman–Crippen LogP) is 3.67. The Kier molecular flexibility index (Phi) is 4.98. The third-order valence-electron chi connectivity index (χ3n) is 2.84. The van der Waals surface area contributed by atoms with Gasteiger partial charge >= 0.3 is 0 Å². The third-order valence-corrected chi connectivity index (χ3v) is 3.58. The third kappa shape index (κ3) is 3.29. The van der Waals surface area contributed by atoms with Crippen molar-refractivity contribution in [3.63, 3.8) is 0 Å². The van der Waals surface area contributed by atoms with E-state index in [1.807, 2.05) is 0 Å². The maximum absolute atomic E-state index is 13.5. The maximum Gasteiger partial charge on any atom is 0.162 e. The van der Waals surface area contributed by atoms with E-state index in [0.29, 0.717) is 27.1 Å². The molecule has 0 fully saturated rings. The largest absolute Gasteiger partial charge is 0.493 e. The van der Waals surface area contributed by atoms with Gasteiger partial charge in [0.15, 0.2) is 11.5 Å². The number of aliphatic hydroxyl groups excluding tert-OH is 1. The van der Waals surface area contributed by atoms with Crippen molar-refractivity contribution in [2.75, 3.05) is 7.11 Å². The lowest BCUT2D eigenvalue weighted by Crippen LogP contribution is -2.01. The second-order valence-corrected chi connectivity index (χ2v) is 4.99. The van der Waals surface area contributed by atoms with Crippen LogP contribution in [0.2, 0.25) is 0 Å². The Balaban J connectivity index is 2.21. The number of aliphatic hydroxyl groups is 1. The van der Waals surface area contributed by atoms with Crippen LogP contribution in [-0.2, 0) is 13.2 Å². The van der Waals surface area contributed by atoms with Gasteiger partial charge in [-0.05, 0) is 23.8 Å². The highest BCUT2D eigenvalue weighted by Crippen LogP contribution is 2.34. The van der Waals surface area contributed by atoms with Crippen LogP contribution in [0.4, 0.5) is 4.39 Å². The molecular weight excluding hydrogens is 327 g/mol. The molecule has 1 N–H and O–H groups in total. The molecule has 2 aromatic rings. The molecular formula is C15H14BrFO3. The summed E-state index contributed by atoms with van der Waals surface area (Å²) in [5.74, 6) is 0.672. The molecule has 0 aromatic heterocycles. The van der Waals surface area contributed by atoms with Gasteiger partial charge in [-0.25, -0.2) is 4.39 Å². The molecule has 0 amide bonds. The van der Waals surface area contributed by atoms with Crippen LogP contribution in [0.15, 0.2) is 40.9 Å². The monoisotopic (exact) mass is 340 g/mol. The summed E-state index contributed by atoms with van der Waals surface area (Å²) < 4.78 is 25.0. The van der Waals surface area contributed by atoms with Crippen molar-refractivity contribution in [2.45, 2.75) is 13.2 Å². The molecule has 3 nitrogen and oxygen atoms in total. The minimum absolute atomic E-state index is 0.105. The zero-order valence-electron chi connectivity index (χ0n) is 10.9. The molecule has 0 unspecified atom stereocenters. The van der Waals surface area contributed by atoms with Gasteiger partial charge in [0.2, 0.25) is 0 Å². The Morgan fingerprint density at radius 2 is 1.90 bits per heavy atom. The van der Waals surface area contributed by atoms with Crippen LogP contribution in [0.5, 0.6) is 11.5 Å². The highest BCUT2D eigenvalue weighted by molar-refractivity contribution is 9.10. The quantitative estimate of drug-likeness (QED) is 0.902. The van der Waals surface area contributed by atoms with E-state index in [2.05, 4.69) is 15.9 Å². The molecule has 0 saturated carbocycles. The van der Waals surface area contributed by atoms with Crippen molar-refractivity contribution in [1.29, 1.82) is 0 Å². The summed E-state index contributed by atoms with van der Waals surface area (Å²) in [7, 11) is 1.51. The van der Waals surface area contributed by atoms with Gasteiger partial charge in [0.25, 0.3) is 0 Å². The first-order valence-corrected chi connectivity index (χ1v) is 6.78. The highest BCUT2D eigenvalue weighted by atomic mass is 79.9. The van der Waals surface area contributed by atoms with Crippen LogP contribution in [-0.4, -0.2) is 12.2 Å². The molecule has 0 radical (unpaired) electrons. The number of hydrogen-bond acceptors (Lipinski definition) is 3. The van der Waals surface area contributed by atoms with Crippen molar-refractivity contribution in [1.82, 2.24) is 0 Å². The van der Waals surface area contributed by atoms with Crippen LogP contribution >= 0.6 is 15.9 Å². The molecule has 106 valence electrons. The Hall–Kier alpha value is -1.59. The van der Waals surface area contributed by atoms with Gasteiger partial charge in [-0.2, -0.15) is 0 Å². The summed E-state index contributed by atoms with van der Waals surface area (Å²) in [6.07, 6.45) is 0. The fourth-order valence-electron chi connectivity index (χ4n) is 1.74. The minimum atomic E-state index is -0.308. The number of halogens is 2. The average molecular weight is 341 g/mol. The summed E-state index contributed by atoms with van der Waals surface area (Å²) in [5, 5.41) is 9.20. The van der Waals surface area contributed by atoms with Crippen molar-refractivity contribution in [2.24, 2.45) is 0 Å². The van der Waals surface area contributed by atoms with Crippen molar-refractivity contribution >= 4 is 15.9 Å². The standard InChI is InChI=1S/C15H14BrFO3/c1-19-14-6-11(8-18)12(16)7-15(14)20-9-10-4-2-3-5-13(10)17/h2-7,18H,8-9H2,1H3. The number of rotatable bonds is 5. The van der Waals surface area contributed by atoms with Gasteiger partial charge in [-0.3, -0.25) is 0 Å². The number of benzene rings is 2. The van der Waals surface area contributed by atoms with E-state index in [9.17, 15) is 9.50 Å². The molecule has 0 heterocycles. The molecule has 0 aliphatic rings. The van der Waals surface area contributed by atoms with E-state index >= 15 is 0 Å². The molecule has 0 spiro atoms. The smallest absolute Gasteiger partial charge is 0.162 e. The molecule has 0 saturated heterocycles. The number of hydrogen-bond donors (Lipinski definition) is 1. The highest BCUT2D eigenvalue weighted by Gasteiger charge is 2.11. The van der Waals surface area contributed by atoms with Gasteiger partial charge in [0, 0.05) is 10.0 Å². The summed E-state index contributed by atoms with van der Waals surface area (Å²) in [6, 6.07) is 9.82. The van der Waals surface area contributed by atoms with Crippen molar-refractivity contribution in [3.8, 4) is 11.5 Å². The summed E-state index contributed by atoms with van der Waals surface area (Å²) in [4.78, 5) is 0. The normalized spacial score (nSPS) is 10.4. The SMILES string of the molecule is COc1cc(CO)c(Br)cc1OCc1ccccc1F. The summed E-state index contributed by atoms with van der Waals surface area (Å²) >= 11 is 3.34. The molecule has 20 heavy (non-hydrogen) atoms. The summed E-state index contributed by atoms with van der Waals surface area (Å²) in [6.45, 7) is -0.00151. The van der Waals surface area contributed by atoms with Crippen molar-refractivity contribution < 1.29 is 19.0 Å². The van der Waals surface area contributed by atoms with E-state index in [4.69, 9.17) is 9.47 Å². The van der Waals surface area contributed by atoms with Crippen LogP contribution in [0.1, 0.15) is 11.1 Å². The topological polar surface area (TPSA) is 38.7 Å². The lowest BCUT2D eigenvalue weighted by atomic mass is 10.2. The lowest BCUT2D eigenvalue weighted by Gasteiger charge is -2.13. The Labute approximate surface area is 125 Å². The van der Waals surface area contributed by atoms with E-state index in [0.717, 1.165) is 0 Å². The first kappa shape index (κ1) is 14.8. The number of ether oxygens (including phenoxy) is 2. The Bertz CT molecular complexity index is 602. The van der Waals surface area contributed by atoms with Gasteiger partial charge in [-0.1, -0.05) is 34.1 Å². The Morgan fingerprint density at radius 1 is 1.15 bits per heavy atom. The van der Waals surface area contributed by atoms with Gasteiger partial charge in [0.05, 0.1) is 13.7 Å². The van der Waals surface area contributed by atoms with E-state index < -0.39 is 0 Å². The lowest BCUT2D eigenvalue weighted by molar-refractivity contribution is 0.271. The van der Waals surface area contributed by atoms with Gasteiger partial charge in [-0.15, -0.1) is 0 Å². The van der Waals surface area contributed by atoms with E-state index in [-0.39, 0.29) is 19.0 Å². The van der Waals surface area contributed by atoms with Crippen LogP contribution in [0.25, 0.3) is 0 Å². The second-order valence-electron chi connectivity index (χ2n) is 4.13. The molecule has 5 heteroatoms. The van der Waals surface area contributed by atoms with Gasteiger partial charge < -0.3 is 14.6 Å². The summed E-state index contributed by atoms with van der Waals surface area (Å²) in [5.41, 5.74) is 1.16. The maximum atomic E-state index is 13.5. The molecule has 0 bridgehead atoms. The average Bonchev–Trinajstić information content (AvgIpc) is 2.46.